The Kier molecular flexibility index (Phi) is 2.62. The van der Waals surface area contributed by atoms with Crippen LogP contribution in [0.1, 0.15) is 0 Å². The SMILES string of the molecule is COc1ccc(N2C[C@@]34C=C[C@H](O3)[C@@H](C(=O)[O-])[C@H]4C2=O)cc1. The molecule has 3 heterocycles. The molecule has 114 valence electrons. The summed E-state index contributed by atoms with van der Waals surface area (Å²) in [6.45, 7) is 0.319. The second-order valence-corrected chi connectivity index (χ2v) is 5.84. The zero-order valence-electron chi connectivity index (χ0n) is 11.9. The van der Waals surface area contributed by atoms with Gasteiger partial charge in [-0.25, -0.2) is 0 Å². The summed E-state index contributed by atoms with van der Waals surface area (Å²) in [5.41, 5.74) is -0.140. The van der Waals surface area contributed by atoms with E-state index in [4.69, 9.17) is 9.47 Å². The number of carboxylic acid groups (broad SMARTS) is 1. The van der Waals surface area contributed by atoms with Crippen LogP contribution in [0.3, 0.4) is 0 Å². The Morgan fingerprint density at radius 2 is 2.14 bits per heavy atom. The molecule has 3 aliphatic rings. The van der Waals surface area contributed by atoms with E-state index in [0.29, 0.717) is 18.0 Å². The lowest BCUT2D eigenvalue weighted by Crippen LogP contribution is -2.45. The van der Waals surface area contributed by atoms with Crippen molar-refractivity contribution < 1.29 is 24.2 Å². The van der Waals surface area contributed by atoms with Gasteiger partial charge in [0.15, 0.2) is 0 Å². The smallest absolute Gasteiger partial charge is 0.234 e. The van der Waals surface area contributed by atoms with Gasteiger partial charge in [0, 0.05) is 17.6 Å². The van der Waals surface area contributed by atoms with E-state index in [1.165, 1.54) is 0 Å². The van der Waals surface area contributed by atoms with E-state index in [1.807, 2.05) is 6.08 Å². The number of aliphatic carboxylic acids is 1. The number of nitrogens with zero attached hydrogens (tertiary/aromatic N) is 1. The molecule has 0 unspecified atom stereocenters. The monoisotopic (exact) mass is 300 g/mol. The topological polar surface area (TPSA) is 78.9 Å². The minimum Gasteiger partial charge on any atom is -0.550 e. The van der Waals surface area contributed by atoms with Crippen molar-refractivity contribution >= 4 is 17.6 Å². The third-order valence-electron chi connectivity index (χ3n) is 4.76. The molecular formula is C16H14NO5-. The predicted molar refractivity (Wildman–Crippen MR) is 74.1 cm³/mol. The molecule has 1 amide bonds. The van der Waals surface area contributed by atoms with Gasteiger partial charge in [-0.3, -0.25) is 4.79 Å². The van der Waals surface area contributed by atoms with Gasteiger partial charge < -0.3 is 24.3 Å². The van der Waals surface area contributed by atoms with E-state index in [-0.39, 0.29) is 5.91 Å². The predicted octanol–water partition coefficient (Wildman–Crippen LogP) is -0.269. The van der Waals surface area contributed by atoms with E-state index in [0.717, 1.165) is 0 Å². The van der Waals surface area contributed by atoms with Gasteiger partial charge in [-0.1, -0.05) is 12.2 Å². The Morgan fingerprint density at radius 1 is 1.41 bits per heavy atom. The van der Waals surface area contributed by atoms with Crippen molar-refractivity contribution in [3.8, 4) is 5.75 Å². The van der Waals surface area contributed by atoms with Crippen molar-refractivity contribution in [2.24, 2.45) is 11.8 Å². The minimum atomic E-state index is -1.23. The fraction of sp³-hybridized carbons (Fsp3) is 0.375. The summed E-state index contributed by atoms with van der Waals surface area (Å²) in [6, 6.07) is 7.08. The van der Waals surface area contributed by atoms with Crippen LogP contribution in [0.2, 0.25) is 0 Å². The van der Waals surface area contributed by atoms with E-state index in [9.17, 15) is 14.7 Å². The first-order valence-corrected chi connectivity index (χ1v) is 7.09. The normalized spacial score (nSPS) is 35.0. The van der Waals surface area contributed by atoms with Crippen LogP contribution in [0.4, 0.5) is 5.69 Å². The Balaban J connectivity index is 1.70. The number of methoxy groups -OCH3 is 1. The number of rotatable bonds is 3. The number of amides is 1. The van der Waals surface area contributed by atoms with Crippen molar-refractivity contribution in [1.29, 1.82) is 0 Å². The maximum absolute atomic E-state index is 12.7. The summed E-state index contributed by atoms with van der Waals surface area (Å²) in [5, 5.41) is 11.4. The molecule has 1 aromatic carbocycles. The van der Waals surface area contributed by atoms with E-state index < -0.39 is 29.5 Å². The molecule has 0 N–H and O–H groups in total. The summed E-state index contributed by atoms with van der Waals surface area (Å²) in [6.07, 6.45) is 2.99. The van der Waals surface area contributed by atoms with Crippen LogP contribution in [-0.2, 0) is 14.3 Å². The fourth-order valence-electron chi connectivity index (χ4n) is 3.75. The number of anilines is 1. The quantitative estimate of drug-likeness (QED) is 0.718. The molecule has 6 nitrogen and oxygen atoms in total. The zero-order chi connectivity index (χ0) is 15.5. The molecule has 4 rings (SSSR count). The maximum atomic E-state index is 12.7. The molecule has 2 bridgehead atoms. The highest BCUT2D eigenvalue weighted by Gasteiger charge is 2.65. The average molecular weight is 300 g/mol. The van der Waals surface area contributed by atoms with Crippen LogP contribution in [0.5, 0.6) is 5.75 Å². The lowest BCUT2D eigenvalue weighted by molar-refractivity contribution is -0.313. The second-order valence-electron chi connectivity index (χ2n) is 5.84. The first-order chi connectivity index (χ1) is 10.6. The van der Waals surface area contributed by atoms with Crippen LogP contribution in [-0.4, -0.2) is 37.2 Å². The highest BCUT2D eigenvalue weighted by atomic mass is 16.5. The third-order valence-corrected chi connectivity index (χ3v) is 4.76. The first kappa shape index (κ1) is 13.3. The number of ether oxygens (including phenoxy) is 2. The lowest BCUT2D eigenvalue weighted by atomic mass is 9.77. The van der Waals surface area contributed by atoms with Gasteiger partial charge in [0.2, 0.25) is 5.91 Å². The largest absolute Gasteiger partial charge is 0.550 e. The Labute approximate surface area is 126 Å². The summed E-state index contributed by atoms with van der Waals surface area (Å²) in [5.74, 6) is -2.40. The van der Waals surface area contributed by atoms with Crippen molar-refractivity contribution in [3.05, 3.63) is 36.4 Å². The van der Waals surface area contributed by atoms with Crippen molar-refractivity contribution in [3.63, 3.8) is 0 Å². The number of benzene rings is 1. The molecule has 0 radical (unpaired) electrons. The van der Waals surface area contributed by atoms with Crippen LogP contribution in [0.25, 0.3) is 0 Å². The number of fused-ring (bicyclic) bond motifs is 1. The average Bonchev–Trinajstić information content (AvgIpc) is 3.15. The van der Waals surface area contributed by atoms with Gasteiger partial charge in [-0.2, -0.15) is 0 Å². The molecule has 1 aromatic rings. The fourth-order valence-corrected chi connectivity index (χ4v) is 3.75. The van der Waals surface area contributed by atoms with Gasteiger partial charge in [0.25, 0.3) is 0 Å². The van der Waals surface area contributed by atoms with E-state index in [1.54, 1.807) is 42.4 Å². The molecule has 1 spiro atoms. The molecule has 2 saturated heterocycles. The van der Waals surface area contributed by atoms with Crippen LogP contribution < -0.4 is 14.7 Å². The number of hydrogen-bond donors (Lipinski definition) is 0. The van der Waals surface area contributed by atoms with Crippen molar-refractivity contribution in [2.75, 3.05) is 18.6 Å². The van der Waals surface area contributed by atoms with E-state index in [2.05, 4.69) is 0 Å². The molecule has 4 atom stereocenters. The van der Waals surface area contributed by atoms with Gasteiger partial charge in [-0.15, -0.1) is 0 Å². The zero-order valence-corrected chi connectivity index (χ0v) is 11.9. The van der Waals surface area contributed by atoms with Gasteiger partial charge >= 0.3 is 0 Å². The number of carbonyl (C=O) groups excluding carboxylic acids is 2. The Morgan fingerprint density at radius 3 is 2.77 bits per heavy atom. The molecule has 3 aliphatic heterocycles. The number of carboxylic acids is 1. The molecule has 2 fully saturated rings. The summed E-state index contributed by atoms with van der Waals surface area (Å²) in [7, 11) is 1.57. The summed E-state index contributed by atoms with van der Waals surface area (Å²) >= 11 is 0. The molecular weight excluding hydrogens is 286 g/mol. The highest BCUT2D eigenvalue weighted by Crippen LogP contribution is 2.52. The molecule has 22 heavy (non-hydrogen) atoms. The van der Waals surface area contributed by atoms with Gasteiger partial charge in [-0.05, 0) is 24.3 Å². The Hall–Kier alpha value is -2.34. The van der Waals surface area contributed by atoms with Crippen LogP contribution >= 0.6 is 0 Å². The standard InChI is InChI=1S/C16H15NO5/c1-21-10-4-2-9(3-5-10)17-8-16-7-6-11(22-16)12(15(19)20)13(16)14(17)18/h2-7,11-13H,8H2,1H3,(H,19,20)/p-1/t11-,12+,13-,16+/m0/s1. The van der Waals surface area contributed by atoms with Crippen molar-refractivity contribution in [1.82, 2.24) is 0 Å². The molecule has 0 aliphatic carbocycles. The summed E-state index contributed by atoms with van der Waals surface area (Å²) in [4.78, 5) is 25.7. The molecule has 6 heteroatoms. The summed E-state index contributed by atoms with van der Waals surface area (Å²) < 4.78 is 10.9. The van der Waals surface area contributed by atoms with Crippen LogP contribution in [0, 0.1) is 11.8 Å². The molecule has 0 aromatic heterocycles. The third kappa shape index (κ3) is 1.58. The van der Waals surface area contributed by atoms with Crippen molar-refractivity contribution in [2.45, 2.75) is 11.7 Å². The molecule has 0 saturated carbocycles. The first-order valence-electron chi connectivity index (χ1n) is 7.09. The number of hydrogen-bond acceptors (Lipinski definition) is 5. The lowest BCUT2D eigenvalue weighted by Gasteiger charge is -2.24. The van der Waals surface area contributed by atoms with Gasteiger partial charge in [0.05, 0.1) is 25.7 Å². The second kappa shape index (κ2) is 4.33. The maximum Gasteiger partial charge on any atom is 0.234 e. The Bertz CT molecular complexity index is 682. The number of carbonyl (C=O) groups is 2. The van der Waals surface area contributed by atoms with Gasteiger partial charge in [0.1, 0.15) is 11.4 Å². The van der Waals surface area contributed by atoms with E-state index >= 15 is 0 Å². The highest BCUT2D eigenvalue weighted by molar-refractivity contribution is 6.02. The minimum absolute atomic E-state index is 0.230. The van der Waals surface area contributed by atoms with Crippen LogP contribution in [0.15, 0.2) is 36.4 Å².